The number of thioether (sulfide) groups is 1. The third-order valence-electron chi connectivity index (χ3n) is 2.89. The molecule has 108 valence electrons. The summed E-state index contributed by atoms with van der Waals surface area (Å²) in [7, 11) is 0. The maximum absolute atomic E-state index is 10.8. The van der Waals surface area contributed by atoms with E-state index in [9.17, 15) is 4.79 Å². The number of imidazole rings is 1. The molecular weight excluding hydrogens is 312 g/mol. The van der Waals surface area contributed by atoms with E-state index < -0.39 is 5.97 Å². The first-order chi connectivity index (χ1) is 10.1. The molecule has 0 bridgehead atoms. The van der Waals surface area contributed by atoms with Gasteiger partial charge in [-0.25, -0.2) is 4.98 Å². The van der Waals surface area contributed by atoms with Crippen molar-refractivity contribution in [1.82, 2.24) is 9.55 Å². The lowest BCUT2D eigenvalue weighted by Crippen LogP contribution is -2.04. The Morgan fingerprint density at radius 3 is 3.00 bits per heavy atom. The zero-order valence-electron chi connectivity index (χ0n) is 10.8. The molecule has 0 spiro atoms. The van der Waals surface area contributed by atoms with Gasteiger partial charge in [-0.1, -0.05) is 23.4 Å². The van der Waals surface area contributed by atoms with Crippen LogP contribution in [0.4, 0.5) is 0 Å². The van der Waals surface area contributed by atoms with Gasteiger partial charge in [0, 0.05) is 5.02 Å². The number of hydrogen-bond acceptors (Lipinski definition) is 4. The summed E-state index contributed by atoms with van der Waals surface area (Å²) in [5, 5.41) is 10.1. The fraction of sp³-hybridized carbons (Fsp3) is 0.143. The van der Waals surface area contributed by atoms with Crippen molar-refractivity contribution < 1.29 is 14.3 Å². The third kappa shape index (κ3) is 3.06. The molecular formula is C14H11ClN2O3S. The molecule has 0 amide bonds. The number of aliphatic carboxylic acids is 1. The van der Waals surface area contributed by atoms with E-state index in [4.69, 9.17) is 21.1 Å². The number of carbonyl (C=O) groups is 1. The summed E-state index contributed by atoms with van der Waals surface area (Å²) in [6.07, 6.45) is 1.61. The van der Waals surface area contributed by atoms with Crippen LogP contribution in [0.25, 0.3) is 11.0 Å². The molecule has 2 heterocycles. The summed E-state index contributed by atoms with van der Waals surface area (Å²) in [4.78, 5) is 15.2. The Morgan fingerprint density at radius 1 is 1.43 bits per heavy atom. The molecule has 5 nitrogen and oxygen atoms in total. The summed E-state index contributed by atoms with van der Waals surface area (Å²) in [6.45, 7) is 0.493. The molecule has 0 aliphatic rings. The highest BCUT2D eigenvalue weighted by Gasteiger charge is 2.14. The SMILES string of the molecule is O=C(O)CSc1nc2cc(Cl)ccc2n1Cc1ccco1. The highest BCUT2D eigenvalue weighted by Crippen LogP contribution is 2.27. The number of rotatable bonds is 5. The van der Waals surface area contributed by atoms with Crippen LogP contribution in [0.3, 0.4) is 0 Å². The molecule has 0 radical (unpaired) electrons. The van der Waals surface area contributed by atoms with Gasteiger partial charge in [0.1, 0.15) is 5.76 Å². The van der Waals surface area contributed by atoms with Gasteiger partial charge < -0.3 is 14.1 Å². The molecule has 21 heavy (non-hydrogen) atoms. The van der Waals surface area contributed by atoms with Gasteiger partial charge in [-0.05, 0) is 30.3 Å². The van der Waals surface area contributed by atoms with E-state index in [0.29, 0.717) is 16.7 Å². The average molecular weight is 323 g/mol. The predicted octanol–water partition coefficient (Wildman–Crippen LogP) is 3.51. The number of aromatic nitrogens is 2. The number of halogens is 1. The van der Waals surface area contributed by atoms with E-state index in [1.165, 1.54) is 11.8 Å². The van der Waals surface area contributed by atoms with Gasteiger partial charge in [-0.3, -0.25) is 4.79 Å². The lowest BCUT2D eigenvalue weighted by atomic mass is 10.3. The number of furan rings is 1. The Kier molecular flexibility index (Phi) is 3.90. The Labute approximate surface area is 129 Å². The van der Waals surface area contributed by atoms with Gasteiger partial charge in [0.05, 0.1) is 29.6 Å². The van der Waals surface area contributed by atoms with Crippen LogP contribution in [0.5, 0.6) is 0 Å². The van der Waals surface area contributed by atoms with E-state index in [1.54, 1.807) is 18.4 Å². The maximum Gasteiger partial charge on any atom is 0.313 e. The van der Waals surface area contributed by atoms with Crippen molar-refractivity contribution in [3.8, 4) is 0 Å². The van der Waals surface area contributed by atoms with Crippen LogP contribution in [-0.2, 0) is 11.3 Å². The number of carboxylic acid groups (broad SMARTS) is 1. The second-order valence-corrected chi connectivity index (χ2v) is 5.75. The van der Waals surface area contributed by atoms with Crippen molar-refractivity contribution in [2.45, 2.75) is 11.7 Å². The summed E-state index contributed by atoms with van der Waals surface area (Å²) >= 11 is 7.16. The average Bonchev–Trinajstić information content (AvgIpc) is 3.05. The summed E-state index contributed by atoms with van der Waals surface area (Å²) < 4.78 is 7.29. The minimum atomic E-state index is -0.880. The Bertz CT molecular complexity index is 783. The molecule has 0 unspecified atom stereocenters. The monoisotopic (exact) mass is 322 g/mol. The zero-order chi connectivity index (χ0) is 14.8. The standard InChI is InChI=1S/C14H11ClN2O3S/c15-9-3-4-12-11(6-9)16-14(21-8-13(18)19)17(12)7-10-2-1-5-20-10/h1-6H,7-8H2,(H,18,19). The molecule has 0 fully saturated rings. The number of nitrogens with zero attached hydrogens (tertiary/aromatic N) is 2. The maximum atomic E-state index is 10.8. The Hall–Kier alpha value is -1.92. The lowest BCUT2D eigenvalue weighted by Gasteiger charge is -2.06. The molecule has 0 aliphatic carbocycles. The van der Waals surface area contributed by atoms with Crippen LogP contribution in [0.2, 0.25) is 5.02 Å². The lowest BCUT2D eigenvalue weighted by molar-refractivity contribution is -0.133. The molecule has 0 saturated carbocycles. The van der Waals surface area contributed by atoms with Crippen molar-refractivity contribution in [3.05, 3.63) is 47.4 Å². The van der Waals surface area contributed by atoms with Gasteiger partial charge in [0.25, 0.3) is 0 Å². The van der Waals surface area contributed by atoms with E-state index in [0.717, 1.165) is 16.8 Å². The van der Waals surface area contributed by atoms with Crippen molar-refractivity contribution in [2.75, 3.05) is 5.75 Å². The molecule has 1 N–H and O–H groups in total. The highest BCUT2D eigenvalue weighted by molar-refractivity contribution is 7.99. The fourth-order valence-electron chi connectivity index (χ4n) is 2.03. The number of hydrogen-bond donors (Lipinski definition) is 1. The zero-order valence-corrected chi connectivity index (χ0v) is 12.4. The molecule has 7 heteroatoms. The molecule has 3 rings (SSSR count). The third-order valence-corrected chi connectivity index (χ3v) is 4.09. The van der Waals surface area contributed by atoms with E-state index in [-0.39, 0.29) is 5.75 Å². The highest BCUT2D eigenvalue weighted by atomic mass is 35.5. The molecule has 0 saturated heterocycles. The van der Waals surface area contributed by atoms with Crippen molar-refractivity contribution in [3.63, 3.8) is 0 Å². The van der Waals surface area contributed by atoms with Crippen molar-refractivity contribution in [2.24, 2.45) is 0 Å². The summed E-state index contributed by atoms with van der Waals surface area (Å²) in [5.41, 5.74) is 1.63. The second-order valence-electron chi connectivity index (χ2n) is 4.38. The van der Waals surface area contributed by atoms with Gasteiger partial charge in [-0.2, -0.15) is 0 Å². The number of fused-ring (bicyclic) bond motifs is 1. The Balaban J connectivity index is 2.03. The van der Waals surface area contributed by atoms with Crippen LogP contribution >= 0.6 is 23.4 Å². The summed E-state index contributed by atoms with van der Waals surface area (Å²) in [6, 6.07) is 9.11. The minimum Gasteiger partial charge on any atom is -0.481 e. The van der Waals surface area contributed by atoms with E-state index in [1.807, 2.05) is 22.8 Å². The number of carboxylic acids is 1. The molecule has 3 aromatic rings. The minimum absolute atomic E-state index is 0.0464. The first-order valence-corrected chi connectivity index (χ1v) is 7.52. The molecule has 1 aromatic carbocycles. The first kappa shape index (κ1) is 14.0. The van der Waals surface area contributed by atoms with Crippen LogP contribution < -0.4 is 0 Å². The largest absolute Gasteiger partial charge is 0.481 e. The van der Waals surface area contributed by atoms with Gasteiger partial charge in [0.2, 0.25) is 0 Å². The fourth-order valence-corrected chi connectivity index (χ4v) is 2.93. The second kappa shape index (κ2) is 5.83. The van der Waals surface area contributed by atoms with Crippen molar-refractivity contribution >= 4 is 40.4 Å². The van der Waals surface area contributed by atoms with Crippen LogP contribution in [0, 0.1) is 0 Å². The van der Waals surface area contributed by atoms with Gasteiger partial charge >= 0.3 is 5.97 Å². The Morgan fingerprint density at radius 2 is 2.29 bits per heavy atom. The molecule has 0 atom stereocenters. The van der Waals surface area contributed by atoms with Crippen molar-refractivity contribution in [1.29, 1.82) is 0 Å². The van der Waals surface area contributed by atoms with Crippen LogP contribution in [0.15, 0.2) is 46.2 Å². The normalized spacial score (nSPS) is 11.1. The van der Waals surface area contributed by atoms with Gasteiger partial charge in [-0.15, -0.1) is 0 Å². The molecule has 2 aromatic heterocycles. The molecule has 0 aliphatic heterocycles. The van der Waals surface area contributed by atoms with E-state index >= 15 is 0 Å². The summed E-state index contributed by atoms with van der Waals surface area (Å²) in [5.74, 6) is -0.147. The first-order valence-electron chi connectivity index (χ1n) is 6.16. The van der Waals surface area contributed by atoms with E-state index in [2.05, 4.69) is 4.98 Å². The number of benzene rings is 1. The quantitative estimate of drug-likeness (QED) is 0.728. The van der Waals surface area contributed by atoms with Crippen LogP contribution in [-0.4, -0.2) is 26.4 Å². The topological polar surface area (TPSA) is 68.3 Å². The predicted molar refractivity (Wildman–Crippen MR) is 80.9 cm³/mol. The van der Waals surface area contributed by atoms with Gasteiger partial charge in [0.15, 0.2) is 5.16 Å². The van der Waals surface area contributed by atoms with Crippen LogP contribution in [0.1, 0.15) is 5.76 Å². The smallest absolute Gasteiger partial charge is 0.313 e.